The predicted octanol–water partition coefficient (Wildman–Crippen LogP) is 3.43. The minimum atomic E-state index is 0.496. The zero-order valence-corrected chi connectivity index (χ0v) is 16.5. The molecule has 26 heavy (non-hydrogen) atoms. The van der Waals surface area contributed by atoms with Crippen LogP contribution in [0.5, 0.6) is 0 Å². The number of nitrogens with zero attached hydrogens (tertiary/aromatic N) is 3. The van der Waals surface area contributed by atoms with Crippen LogP contribution in [0.1, 0.15) is 51.9 Å². The van der Waals surface area contributed by atoms with Gasteiger partial charge >= 0.3 is 0 Å². The second kappa shape index (κ2) is 9.79. The van der Waals surface area contributed by atoms with Gasteiger partial charge in [0.25, 0.3) is 0 Å². The Hall–Kier alpha value is -1.78. The lowest BCUT2D eigenvalue weighted by Crippen LogP contribution is -2.49. The average Bonchev–Trinajstić information content (AvgIpc) is 2.68. The first-order chi connectivity index (χ1) is 12.7. The fourth-order valence-electron chi connectivity index (χ4n) is 4.40. The molecule has 2 heterocycles. The molecule has 2 N–H and O–H groups in total. The molecular formula is C21H35N5. The fourth-order valence-corrected chi connectivity index (χ4v) is 4.40. The van der Waals surface area contributed by atoms with Crippen LogP contribution in [0.3, 0.4) is 0 Å². The molecule has 2 atom stereocenters. The van der Waals surface area contributed by atoms with E-state index in [1.165, 1.54) is 32.1 Å². The van der Waals surface area contributed by atoms with Crippen LogP contribution < -0.4 is 15.5 Å². The van der Waals surface area contributed by atoms with Gasteiger partial charge in [0.2, 0.25) is 0 Å². The van der Waals surface area contributed by atoms with E-state index in [2.05, 4.69) is 44.6 Å². The van der Waals surface area contributed by atoms with Crippen LogP contribution >= 0.6 is 0 Å². The van der Waals surface area contributed by atoms with E-state index in [1.54, 1.807) is 0 Å². The molecule has 2 unspecified atom stereocenters. The van der Waals surface area contributed by atoms with Gasteiger partial charge in [-0.25, -0.2) is 4.98 Å². The smallest absolute Gasteiger partial charge is 0.191 e. The lowest BCUT2D eigenvalue weighted by Gasteiger charge is -2.34. The van der Waals surface area contributed by atoms with Gasteiger partial charge < -0.3 is 15.5 Å². The van der Waals surface area contributed by atoms with Crippen molar-refractivity contribution in [3.63, 3.8) is 0 Å². The third kappa shape index (κ3) is 5.61. The normalized spacial score (nSPS) is 25.2. The SMILES string of the molecule is CN=C(NCCC1CCCC(C)C1)NC1CCN(c2ccccn2)CC1. The number of nitrogens with one attached hydrogen (secondary N) is 2. The molecular weight excluding hydrogens is 322 g/mol. The molecule has 1 aromatic heterocycles. The second-order valence-corrected chi connectivity index (χ2v) is 8.02. The van der Waals surface area contributed by atoms with E-state index in [1.807, 2.05) is 19.3 Å². The van der Waals surface area contributed by atoms with Crippen molar-refractivity contribution in [3.05, 3.63) is 24.4 Å². The van der Waals surface area contributed by atoms with E-state index < -0.39 is 0 Å². The van der Waals surface area contributed by atoms with E-state index in [-0.39, 0.29) is 0 Å². The highest BCUT2D eigenvalue weighted by Gasteiger charge is 2.21. The summed E-state index contributed by atoms with van der Waals surface area (Å²) in [5.74, 6) is 3.86. The summed E-state index contributed by atoms with van der Waals surface area (Å²) in [6, 6.07) is 6.63. The monoisotopic (exact) mass is 357 g/mol. The number of hydrogen-bond acceptors (Lipinski definition) is 3. The maximum atomic E-state index is 4.46. The topological polar surface area (TPSA) is 52.6 Å². The Morgan fingerprint density at radius 2 is 2.08 bits per heavy atom. The van der Waals surface area contributed by atoms with Crippen molar-refractivity contribution in [2.24, 2.45) is 16.8 Å². The van der Waals surface area contributed by atoms with Gasteiger partial charge in [0, 0.05) is 38.9 Å². The molecule has 0 aromatic carbocycles. The fraction of sp³-hybridized carbons (Fsp3) is 0.714. The zero-order valence-electron chi connectivity index (χ0n) is 16.5. The van der Waals surface area contributed by atoms with E-state index in [0.717, 1.165) is 56.1 Å². The summed E-state index contributed by atoms with van der Waals surface area (Å²) >= 11 is 0. The maximum absolute atomic E-state index is 4.46. The third-order valence-corrected chi connectivity index (χ3v) is 5.92. The number of aromatic nitrogens is 1. The summed E-state index contributed by atoms with van der Waals surface area (Å²) in [6.07, 6.45) is 11.0. The van der Waals surface area contributed by atoms with Crippen molar-refractivity contribution in [1.82, 2.24) is 15.6 Å². The summed E-state index contributed by atoms with van der Waals surface area (Å²) in [5, 5.41) is 7.15. The highest BCUT2D eigenvalue weighted by atomic mass is 15.2. The molecule has 1 aromatic rings. The van der Waals surface area contributed by atoms with E-state index >= 15 is 0 Å². The van der Waals surface area contributed by atoms with Crippen molar-refractivity contribution >= 4 is 11.8 Å². The second-order valence-electron chi connectivity index (χ2n) is 8.02. The molecule has 1 saturated heterocycles. The predicted molar refractivity (Wildman–Crippen MR) is 110 cm³/mol. The number of pyridine rings is 1. The molecule has 0 spiro atoms. The van der Waals surface area contributed by atoms with Gasteiger partial charge in [-0.3, -0.25) is 4.99 Å². The van der Waals surface area contributed by atoms with Crippen molar-refractivity contribution in [2.75, 3.05) is 31.6 Å². The largest absolute Gasteiger partial charge is 0.356 e. The van der Waals surface area contributed by atoms with Crippen LogP contribution in [0.2, 0.25) is 0 Å². The first-order valence-corrected chi connectivity index (χ1v) is 10.4. The van der Waals surface area contributed by atoms with E-state index in [0.29, 0.717) is 6.04 Å². The Kier molecular flexibility index (Phi) is 7.15. The van der Waals surface area contributed by atoms with Crippen molar-refractivity contribution in [1.29, 1.82) is 0 Å². The van der Waals surface area contributed by atoms with Gasteiger partial charge in [-0.2, -0.15) is 0 Å². The lowest BCUT2D eigenvalue weighted by molar-refractivity contribution is 0.270. The van der Waals surface area contributed by atoms with Gasteiger partial charge in [0.15, 0.2) is 5.96 Å². The summed E-state index contributed by atoms with van der Waals surface area (Å²) in [7, 11) is 1.88. The quantitative estimate of drug-likeness (QED) is 0.626. The Balaban J connectivity index is 1.36. The van der Waals surface area contributed by atoms with Crippen molar-refractivity contribution in [2.45, 2.75) is 57.9 Å². The molecule has 2 fully saturated rings. The van der Waals surface area contributed by atoms with Gasteiger partial charge in [-0.05, 0) is 49.7 Å². The zero-order chi connectivity index (χ0) is 18.2. The molecule has 2 aliphatic rings. The van der Waals surface area contributed by atoms with E-state index in [9.17, 15) is 0 Å². The Labute approximate surface area is 158 Å². The summed E-state index contributed by atoms with van der Waals surface area (Å²) in [4.78, 5) is 11.3. The summed E-state index contributed by atoms with van der Waals surface area (Å²) in [6.45, 7) is 5.53. The number of piperidine rings is 1. The van der Waals surface area contributed by atoms with Gasteiger partial charge in [-0.1, -0.05) is 32.3 Å². The molecule has 3 rings (SSSR count). The standard InChI is InChI=1S/C21H35N5/c1-17-6-5-7-18(16-17)9-13-24-21(22-2)25-19-10-14-26(15-11-19)20-8-3-4-12-23-20/h3-4,8,12,17-19H,5-7,9-11,13-16H2,1-2H3,(H2,22,24,25). The van der Waals surface area contributed by atoms with Gasteiger partial charge in [0.1, 0.15) is 5.82 Å². The number of guanidine groups is 1. The van der Waals surface area contributed by atoms with Crippen LogP contribution in [-0.2, 0) is 0 Å². The highest BCUT2D eigenvalue weighted by molar-refractivity contribution is 5.79. The Morgan fingerprint density at radius 1 is 1.23 bits per heavy atom. The number of aliphatic imine (C=N–C) groups is 1. The van der Waals surface area contributed by atoms with Crippen LogP contribution in [0.15, 0.2) is 29.4 Å². The van der Waals surface area contributed by atoms with Crippen LogP contribution in [-0.4, -0.2) is 43.7 Å². The third-order valence-electron chi connectivity index (χ3n) is 5.92. The average molecular weight is 358 g/mol. The molecule has 0 radical (unpaired) electrons. The maximum Gasteiger partial charge on any atom is 0.191 e. The number of anilines is 1. The first kappa shape index (κ1) is 19.0. The van der Waals surface area contributed by atoms with Crippen molar-refractivity contribution < 1.29 is 0 Å². The number of rotatable bonds is 5. The Morgan fingerprint density at radius 3 is 2.77 bits per heavy atom. The van der Waals surface area contributed by atoms with Crippen molar-refractivity contribution in [3.8, 4) is 0 Å². The first-order valence-electron chi connectivity index (χ1n) is 10.4. The number of hydrogen-bond donors (Lipinski definition) is 2. The molecule has 1 aliphatic carbocycles. The van der Waals surface area contributed by atoms with E-state index in [4.69, 9.17) is 0 Å². The molecule has 1 saturated carbocycles. The molecule has 5 nitrogen and oxygen atoms in total. The highest BCUT2D eigenvalue weighted by Crippen LogP contribution is 2.30. The Bertz CT molecular complexity index is 551. The van der Waals surface area contributed by atoms with Gasteiger partial charge in [0.05, 0.1) is 0 Å². The lowest BCUT2D eigenvalue weighted by atomic mass is 9.81. The minimum absolute atomic E-state index is 0.496. The van der Waals surface area contributed by atoms with Gasteiger partial charge in [-0.15, -0.1) is 0 Å². The molecule has 0 amide bonds. The summed E-state index contributed by atoms with van der Waals surface area (Å²) in [5.41, 5.74) is 0. The molecule has 0 bridgehead atoms. The summed E-state index contributed by atoms with van der Waals surface area (Å²) < 4.78 is 0. The molecule has 144 valence electrons. The molecule has 1 aliphatic heterocycles. The van der Waals surface area contributed by atoms with Crippen LogP contribution in [0.25, 0.3) is 0 Å². The van der Waals surface area contributed by atoms with Crippen LogP contribution in [0, 0.1) is 11.8 Å². The molecule has 5 heteroatoms. The minimum Gasteiger partial charge on any atom is -0.356 e. The van der Waals surface area contributed by atoms with Crippen LogP contribution in [0.4, 0.5) is 5.82 Å².